The van der Waals surface area contributed by atoms with Crippen LogP contribution < -0.4 is 0 Å². The van der Waals surface area contributed by atoms with E-state index in [0.29, 0.717) is 0 Å². The second-order valence-corrected chi connectivity index (χ2v) is 6.47. The molecule has 4 aromatic rings. The highest BCUT2D eigenvalue weighted by Gasteiger charge is 2.22. The summed E-state index contributed by atoms with van der Waals surface area (Å²) in [6.07, 6.45) is 2.16. The first-order chi connectivity index (χ1) is 12.9. The van der Waals surface area contributed by atoms with Crippen LogP contribution in [-0.2, 0) is 0 Å². The first-order valence-corrected chi connectivity index (χ1v) is 8.83. The Balaban J connectivity index is 1.74. The Morgan fingerprint density at radius 1 is 0.538 bits per heavy atom. The van der Waals surface area contributed by atoms with Crippen molar-refractivity contribution in [2.45, 2.75) is 0 Å². The van der Waals surface area contributed by atoms with Crippen molar-refractivity contribution in [3.63, 3.8) is 0 Å². The van der Waals surface area contributed by atoms with Gasteiger partial charge in [0.15, 0.2) is 0 Å². The largest absolute Gasteiger partial charge is 0.247 e. The zero-order valence-electron chi connectivity index (χ0n) is 14.3. The standard InChI is InChI=1S/C25H17N/c1-2-9-18(10-3-1)17-24-21-14-6-7-15-23(21)25(26-24)22-16-8-12-19-11-4-5-13-20(19)22/h1-17H/b24-17-. The molecule has 0 N–H and O–H groups in total. The molecule has 0 spiro atoms. The van der Waals surface area contributed by atoms with Gasteiger partial charge in [-0.1, -0.05) is 97.1 Å². The van der Waals surface area contributed by atoms with Gasteiger partial charge in [0.05, 0.1) is 11.4 Å². The first-order valence-electron chi connectivity index (χ1n) is 8.83. The minimum absolute atomic E-state index is 1.02. The third-order valence-electron chi connectivity index (χ3n) is 4.84. The third-order valence-corrected chi connectivity index (χ3v) is 4.84. The van der Waals surface area contributed by atoms with E-state index in [9.17, 15) is 0 Å². The van der Waals surface area contributed by atoms with Gasteiger partial charge >= 0.3 is 0 Å². The van der Waals surface area contributed by atoms with Crippen LogP contribution in [0.15, 0.2) is 102 Å². The maximum absolute atomic E-state index is 5.05. The highest BCUT2D eigenvalue weighted by Crippen LogP contribution is 2.34. The van der Waals surface area contributed by atoms with E-state index in [2.05, 4.69) is 97.1 Å². The van der Waals surface area contributed by atoms with Crippen LogP contribution in [0.1, 0.15) is 22.3 Å². The van der Waals surface area contributed by atoms with Gasteiger partial charge in [0, 0.05) is 16.7 Å². The molecular formula is C25H17N. The van der Waals surface area contributed by atoms with Gasteiger partial charge in [-0.3, -0.25) is 0 Å². The molecule has 0 bridgehead atoms. The molecule has 1 heterocycles. The number of hydrogen-bond donors (Lipinski definition) is 0. The Bertz CT molecular complexity index is 1160. The van der Waals surface area contributed by atoms with Crippen LogP contribution in [-0.4, -0.2) is 5.71 Å². The van der Waals surface area contributed by atoms with Gasteiger partial charge in [-0.15, -0.1) is 0 Å². The average Bonchev–Trinajstić information content (AvgIpc) is 3.07. The molecule has 0 saturated heterocycles. The van der Waals surface area contributed by atoms with E-state index in [1.165, 1.54) is 33.0 Å². The normalized spacial score (nSPS) is 14.5. The summed E-state index contributed by atoms with van der Waals surface area (Å²) in [5, 5.41) is 2.48. The Morgan fingerprint density at radius 3 is 2.08 bits per heavy atom. The molecule has 1 heteroatoms. The summed E-state index contributed by atoms with van der Waals surface area (Å²) in [5.74, 6) is 0. The van der Waals surface area contributed by atoms with Gasteiger partial charge in [-0.05, 0) is 22.4 Å². The molecule has 0 aliphatic carbocycles. The molecule has 1 nitrogen and oxygen atoms in total. The monoisotopic (exact) mass is 331 g/mol. The molecule has 5 rings (SSSR count). The molecule has 0 amide bonds. The lowest BCUT2D eigenvalue weighted by Gasteiger charge is -2.07. The molecule has 0 radical (unpaired) electrons. The molecule has 0 aromatic heterocycles. The quantitative estimate of drug-likeness (QED) is 0.415. The molecular weight excluding hydrogens is 314 g/mol. The summed E-state index contributed by atoms with van der Waals surface area (Å²) in [5.41, 5.74) is 6.83. The number of nitrogens with zero attached hydrogens (tertiary/aromatic N) is 1. The van der Waals surface area contributed by atoms with Crippen LogP contribution in [0.2, 0.25) is 0 Å². The summed E-state index contributed by atoms with van der Waals surface area (Å²) in [4.78, 5) is 5.05. The molecule has 4 aromatic carbocycles. The van der Waals surface area contributed by atoms with Crippen molar-refractivity contribution >= 4 is 28.3 Å². The molecule has 0 unspecified atom stereocenters. The second kappa shape index (κ2) is 6.12. The summed E-state index contributed by atoms with van der Waals surface area (Å²) in [6.45, 7) is 0. The van der Waals surface area contributed by atoms with E-state index in [1.54, 1.807) is 0 Å². The van der Waals surface area contributed by atoms with Crippen molar-refractivity contribution in [1.82, 2.24) is 0 Å². The Hall–Kier alpha value is -3.45. The first kappa shape index (κ1) is 14.9. The highest BCUT2D eigenvalue weighted by atomic mass is 14.8. The van der Waals surface area contributed by atoms with Gasteiger partial charge in [0.1, 0.15) is 0 Å². The van der Waals surface area contributed by atoms with E-state index in [4.69, 9.17) is 4.99 Å². The lowest BCUT2D eigenvalue weighted by atomic mass is 9.95. The minimum atomic E-state index is 1.02. The highest BCUT2D eigenvalue weighted by molar-refractivity contribution is 6.25. The number of fused-ring (bicyclic) bond motifs is 2. The molecule has 1 aliphatic heterocycles. The zero-order valence-corrected chi connectivity index (χ0v) is 14.3. The molecule has 0 fully saturated rings. The van der Waals surface area contributed by atoms with Gasteiger partial charge in [-0.2, -0.15) is 0 Å². The van der Waals surface area contributed by atoms with Crippen molar-refractivity contribution in [3.05, 3.63) is 119 Å². The topological polar surface area (TPSA) is 12.4 Å². The fraction of sp³-hybridized carbons (Fsp3) is 0. The van der Waals surface area contributed by atoms with Crippen LogP contribution in [0.5, 0.6) is 0 Å². The fourth-order valence-electron chi connectivity index (χ4n) is 3.61. The number of rotatable bonds is 2. The van der Waals surface area contributed by atoms with Crippen LogP contribution >= 0.6 is 0 Å². The maximum atomic E-state index is 5.05. The zero-order chi connectivity index (χ0) is 17.3. The van der Waals surface area contributed by atoms with Crippen LogP contribution in [0.4, 0.5) is 0 Å². The lowest BCUT2D eigenvalue weighted by molar-refractivity contribution is 1.57. The number of hydrogen-bond acceptors (Lipinski definition) is 1. The fourth-order valence-corrected chi connectivity index (χ4v) is 3.61. The summed E-state index contributed by atoms with van der Waals surface area (Å²) in [6, 6.07) is 33.8. The summed E-state index contributed by atoms with van der Waals surface area (Å²) in [7, 11) is 0. The predicted molar refractivity (Wildman–Crippen MR) is 110 cm³/mol. The predicted octanol–water partition coefficient (Wildman–Crippen LogP) is 6.19. The van der Waals surface area contributed by atoms with Crippen molar-refractivity contribution < 1.29 is 0 Å². The molecule has 0 saturated carbocycles. The van der Waals surface area contributed by atoms with Crippen LogP contribution in [0.25, 0.3) is 22.5 Å². The minimum Gasteiger partial charge on any atom is -0.247 e. The molecule has 122 valence electrons. The third kappa shape index (κ3) is 2.46. The summed E-state index contributed by atoms with van der Waals surface area (Å²) < 4.78 is 0. The van der Waals surface area contributed by atoms with E-state index >= 15 is 0 Å². The Labute approximate surface area is 153 Å². The average molecular weight is 331 g/mol. The molecule has 26 heavy (non-hydrogen) atoms. The Morgan fingerprint density at radius 2 is 1.19 bits per heavy atom. The molecule has 1 aliphatic rings. The van der Waals surface area contributed by atoms with Crippen molar-refractivity contribution in [2.75, 3.05) is 0 Å². The van der Waals surface area contributed by atoms with Gasteiger partial charge in [-0.25, -0.2) is 4.99 Å². The van der Waals surface area contributed by atoms with Crippen LogP contribution in [0, 0.1) is 0 Å². The van der Waals surface area contributed by atoms with E-state index in [0.717, 1.165) is 11.4 Å². The smallest absolute Gasteiger partial charge is 0.0794 e. The van der Waals surface area contributed by atoms with Crippen molar-refractivity contribution in [3.8, 4) is 0 Å². The van der Waals surface area contributed by atoms with Crippen molar-refractivity contribution in [2.24, 2.45) is 4.99 Å². The summed E-state index contributed by atoms with van der Waals surface area (Å²) >= 11 is 0. The van der Waals surface area contributed by atoms with Gasteiger partial charge < -0.3 is 0 Å². The van der Waals surface area contributed by atoms with Crippen LogP contribution in [0.3, 0.4) is 0 Å². The van der Waals surface area contributed by atoms with E-state index < -0.39 is 0 Å². The Kier molecular flexibility index (Phi) is 3.50. The number of benzene rings is 4. The van der Waals surface area contributed by atoms with E-state index in [-0.39, 0.29) is 0 Å². The second-order valence-electron chi connectivity index (χ2n) is 6.47. The lowest BCUT2D eigenvalue weighted by Crippen LogP contribution is -2.01. The maximum Gasteiger partial charge on any atom is 0.0794 e. The molecule has 0 atom stereocenters. The number of aliphatic imine (C=N–C) groups is 1. The van der Waals surface area contributed by atoms with E-state index in [1.807, 2.05) is 6.07 Å². The van der Waals surface area contributed by atoms with Crippen molar-refractivity contribution in [1.29, 1.82) is 0 Å². The van der Waals surface area contributed by atoms with Gasteiger partial charge in [0.2, 0.25) is 0 Å². The SMILES string of the molecule is C(=C1/N=C(c2cccc3ccccc23)c2ccccc21)/c1ccccc1. The van der Waals surface area contributed by atoms with Gasteiger partial charge in [0.25, 0.3) is 0 Å².